The second-order valence-corrected chi connectivity index (χ2v) is 4.90. The molecular formula is C15H16ClN3O. The van der Waals surface area contributed by atoms with Crippen LogP contribution in [0.25, 0.3) is 0 Å². The first kappa shape index (κ1) is 14.2. The molecule has 2 aromatic carbocycles. The highest BCUT2D eigenvalue weighted by molar-refractivity contribution is 6.31. The van der Waals surface area contributed by atoms with Crippen molar-refractivity contribution in [3.8, 4) is 0 Å². The lowest BCUT2D eigenvalue weighted by Gasteiger charge is -2.11. The second kappa shape index (κ2) is 6.30. The SMILES string of the molecule is Cc1ccccc1CNC(=O)Nc1cc(Cl)ccc1N. The predicted octanol–water partition coefficient (Wildman–Crippen LogP) is 3.55. The van der Waals surface area contributed by atoms with Gasteiger partial charge in [-0.25, -0.2) is 4.79 Å². The number of carbonyl (C=O) groups excluding carboxylic acids is 1. The monoisotopic (exact) mass is 289 g/mol. The van der Waals surface area contributed by atoms with Crippen LogP contribution in [0.1, 0.15) is 11.1 Å². The van der Waals surface area contributed by atoms with Crippen LogP contribution in [0.5, 0.6) is 0 Å². The van der Waals surface area contributed by atoms with E-state index >= 15 is 0 Å². The molecule has 0 heterocycles. The first-order valence-electron chi connectivity index (χ1n) is 6.20. The number of anilines is 2. The third-order valence-electron chi connectivity index (χ3n) is 2.96. The molecule has 0 aliphatic heterocycles. The summed E-state index contributed by atoms with van der Waals surface area (Å²) in [6, 6.07) is 12.5. The first-order valence-corrected chi connectivity index (χ1v) is 6.58. The van der Waals surface area contributed by atoms with E-state index in [4.69, 9.17) is 17.3 Å². The molecule has 0 saturated carbocycles. The van der Waals surface area contributed by atoms with Crippen LogP contribution < -0.4 is 16.4 Å². The fraction of sp³-hybridized carbons (Fsp3) is 0.133. The standard InChI is InChI=1S/C15H16ClN3O/c1-10-4-2-3-5-11(10)9-18-15(20)19-14-8-12(16)6-7-13(14)17/h2-8H,9,17H2,1H3,(H2,18,19,20). The van der Waals surface area contributed by atoms with Gasteiger partial charge in [-0.1, -0.05) is 35.9 Å². The van der Waals surface area contributed by atoms with Crippen molar-refractivity contribution in [2.75, 3.05) is 11.1 Å². The Bertz CT molecular complexity index is 628. The Morgan fingerprint density at radius 2 is 2.00 bits per heavy atom. The van der Waals surface area contributed by atoms with Crippen molar-refractivity contribution in [3.05, 3.63) is 58.6 Å². The van der Waals surface area contributed by atoms with Gasteiger partial charge in [-0.3, -0.25) is 0 Å². The summed E-state index contributed by atoms with van der Waals surface area (Å²) >= 11 is 5.87. The Morgan fingerprint density at radius 3 is 2.75 bits per heavy atom. The number of halogens is 1. The van der Waals surface area contributed by atoms with E-state index in [1.807, 2.05) is 31.2 Å². The second-order valence-electron chi connectivity index (χ2n) is 4.47. The van der Waals surface area contributed by atoms with Crippen LogP contribution >= 0.6 is 11.6 Å². The van der Waals surface area contributed by atoms with E-state index in [-0.39, 0.29) is 6.03 Å². The maximum absolute atomic E-state index is 11.8. The average Bonchev–Trinajstić information content (AvgIpc) is 2.42. The highest BCUT2D eigenvalue weighted by Gasteiger charge is 2.06. The molecule has 0 aliphatic carbocycles. The van der Waals surface area contributed by atoms with Gasteiger partial charge in [0.15, 0.2) is 0 Å². The molecular weight excluding hydrogens is 274 g/mol. The lowest BCUT2D eigenvalue weighted by atomic mass is 10.1. The zero-order valence-corrected chi connectivity index (χ0v) is 11.9. The first-order chi connectivity index (χ1) is 9.56. The highest BCUT2D eigenvalue weighted by Crippen LogP contribution is 2.22. The van der Waals surface area contributed by atoms with Gasteiger partial charge >= 0.3 is 6.03 Å². The molecule has 0 saturated heterocycles. The van der Waals surface area contributed by atoms with Gasteiger partial charge in [-0.05, 0) is 36.2 Å². The Labute approximate surface area is 122 Å². The Balaban J connectivity index is 1.96. The van der Waals surface area contributed by atoms with Crippen molar-refractivity contribution in [2.45, 2.75) is 13.5 Å². The molecule has 0 spiro atoms. The van der Waals surface area contributed by atoms with Crippen LogP contribution in [0.2, 0.25) is 5.02 Å². The van der Waals surface area contributed by atoms with Gasteiger partial charge in [0.1, 0.15) is 0 Å². The van der Waals surface area contributed by atoms with E-state index in [0.717, 1.165) is 11.1 Å². The van der Waals surface area contributed by atoms with Crippen molar-refractivity contribution in [2.24, 2.45) is 0 Å². The van der Waals surface area contributed by atoms with Crippen LogP contribution in [0.4, 0.5) is 16.2 Å². The highest BCUT2D eigenvalue weighted by atomic mass is 35.5. The number of carbonyl (C=O) groups is 1. The van der Waals surface area contributed by atoms with Gasteiger partial charge in [0, 0.05) is 11.6 Å². The number of nitrogen functional groups attached to an aromatic ring is 1. The zero-order valence-electron chi connectivity index (χ0n) is 11.1. The molecule has 2 aromatic rings. The molecule has 0 aromatic heterocycles. The van der Waals surface area contributed by atoms with Crippen molar-refractivity contribution in [3.63, 3.8) is 0 Å². The summed E-state index contributed by atoms with van der Waals surface area (Å²) in [6.45, 7) is 2.46. The van der Waals surface area contributed by atoms with Crippen molar-refractivity contribution in [1.29, 1.82) is 0 Å². The molecule has 4 nitrogen and oxygen atoms in total. The molecule has 0 radical (unpaired) electrons. The van der Waals surface area contributed by atoms with Gasteiger partial charge < -0.3 is 16.4 Å². The molecule has 4 N–H and O–H groups in total. The lowest BCUT2D eigenvalue weighted by molar-refractivity contribution is 0.251. The molecule has 0 bridgehead atoms. The number of hydrogen-bond acceptors (Lipinski definition) is 2. The summed E-state index contributed by atoms with van der Waals surface area (Å²) < 4.78 is 0. The van der Waals surface area contributed by atoms with Crippen LogP contribution in [0.3, 0.4) is 0 Å². The summed E-state index contributed by atoms with van der Waals surface area (Å²) in [5.74, 6) is 0. The van der Waals surface area contributed by atoms with Crippen LogP contribution in [0, 0.1) is 6.92 Å². The number of urea groups is 1. The average molecular weight is 290 g/mol. The molecule has 5 heteroatoms. The summed E-state index contributed by atoms with van der Waals surface area (Å²) in [7, 11) is 0. The topological polar surface area (TPSA) is 67.2 Å². The summed E-state index contributed by atoms with van der Waals surface area (Å²) in [5, 5.41) is 5.99. The van der Waals surface area contributed by atoms with Crippen molar-refractivity contribution in [1.82, 2.24) is 5.32 Å². The van der Waals surface area contributed by atoms with E-state index in [1.54, 1.807) is 18.2 Å². The van der Waals surface area contributed by atoms with Gasteiger partial charge in [0.05, 0.1) is 11.4 Å². The van der Waals surface area contributed by atoms with E-state index in [2.05, 4.69) is 10.6 Å². The summed E-state index contributed by atoms with van der Waals surface area (Å²) in [4.78, 5) is 11.8. The minimum absolute atomic E-state index is 0.317. The van der Waals surface area contributed by atoms with Crippen LogP contribution in [0.15, 0.2) is 42.5 Å². The van der Waals surface area contributed by atoms with E-state index in [0.29, 0.717) is 22.9 Å². The number of amides is 2. The molecule has 0 unspecified atom stereocenters. The lowest BCUT2D eigenvalue weighted by Crippen LogP contribution is -2.28. The molecule has 2 amide bonds. The zero-order chi connectivity index (χ0) is 14.5. The summed E-state index contributed by atoms with van der Waals surface area (Å²) in [5.41, 5.74) is 8.95. The van der Waals surface area contributed by atoms with E-state index < -0.39 is 0 Å². The molecule has 20 heavy (non-hydrogen) atoms. The molecule has 104 valence electrons. The molecule has 0 aliphatic rings. The van der Waals surface area contributed by atoms with Crippen LogP contribution in [-0.4, -0.2) is 6.03 Å². The van der Waals surface area contributed by atoms with Gasteiger partial charge in [-0.2, -0.15) is 0 Å². The number of hydrogen-bond donors (Lipinski definition) is 3. The van der Waals surface area contributed by atoms with Gasteiger partial charge in [-0.15, -0.1) is 0 Å². The smallest absolute Gasteiger partial charge is 0.319 e. The number of nitrogens with two attached hydrogens (primary N) is 1. The number of aryl methyl sites for hydroxylation is 1. The largest absolute Gasteiger partial charge is 0.397 e. The Kier molecular flexibility index (Phi) is 4.48. The number of rotatable bonds is 3. The van der Waals surface area contributed by atoms with E-state index in [1.165, 1.54) is 0 Å². The normalized spacial score (nSPS) is 10.1. The molecule has 2 rings (SSSR count). The minimum Gasteiger partial charge on any atom is -0.397 e. The van der Waals surface area contributed by atoms with Gasteiger partial charge in [0.2, 0.25) is 0 Å². The fourth-order valence-corrected chi connectivity index (χ4v) is 1.96. The predicted molar refractivity (Wildman–Crippen MR) is 82.9 cm³/mol. The quantitative estimate of drug-likeness (QED) is 0.756. The molecule has 0 atom stereocenters. The Hall–Kier alpha value is -2.20. The molecule has 0 fully saturated rings. The minimum atomic E-state index is -0.317. The maximum Gasteiger partial charge on any atom is 0.319 e. The summed E-state index contributed by atoms with van der Waals surface area (Å²) in [6.07, 6.45) is 0. The maximum atomic E-state index is 11.8. The fourth-order valence-electron chi connectivity index (χ4n) is 1.79. The van der Waals surface area contributed by atoms with Crippen molar-refractivity contribution < 1.29 is 4.79 Å². The van der Waals surface area contributed by atoms with Crippen molar-refractivity contribution >= 4 is 29.0 Å². The number of nitrogens with one attached hydrogen (secondary N) is 2. The third-order valence-corrected chi connectivity index (χ3v) is 3.20. The number of benzene rings is 2. The Morgan fingerprint density at radius 1 is 1.25 bits per heavy atom. The van der Waals surface area contributed by atoms with Gasteiger partial charge in [0.25, 0.3) is 0 Å². The van der Waals surface area contributed by atoms with Crippen LogP contribution in [-0.2, 0) is 6.54 Å². The van der Waals surface area contributed by atoms with E-state index in [9.17, 15) is 4.79 Å². The third kappa shape index (κ3) is 3.65.